The number of benzene rings is 1. The maximum atomic E-state index is 12.0. The fraction of sp³-hybridized carbons (Fsp3) is 0.462. The number of nitrogens with zero attached hydrogens (tertiary/aromatic N) is 1. The molecule has 1 heterocycles. The summed E-state index contributed by atoms with van der Waals surface area (Å²) in [7, 11) is -1.30. The summed E-state index contributed by atoms with van der Waals surface area (Å²) >= 11 is 0. The number of rotatable bonds is 4. The number of aromatic nitrogens is 1. The van der Waals surface area contributed by atoms with Crippen LogP contribution in [0.25, 0.3) is 11.1 Å². The summed E-state index contributed by atoms with van der Waals surface area (Å²) in [5.74, 6) is 0.361. The van der Waals surface area contributed by atoms with E-state index in [1.54, 1.807) is 18.2 Å². The number of hydrogen-bond acceptors (Lipinski definition) is 5. The van der Waals surface area contributed by atoms with Gasteiger partial charge in [0, 0.05) is 11.8 Å². The molecular weight excluding hydrogens is 264 g/mol. The summed E-state index contributed by atoms with van der Waals surface area (Å²) in [6, 6.07) is 5.16. The normalized spacial score (nSPS) is 13.8. The summed E-state index contributed by atoms with van der Waals surface area (Å²) in [4.78, 5) is 4.19. The first-order valence-corrected chi connectivity index (χ1v) is 7.35. The molecule has 104 valence electrons. The standard InChI is InChI=1S/C13H18N2O3S/c1-13(2,3)17-6-7-19(16)12-15-10-5-4-9(14)8-11(10)18-12/h4-5,8H,6-7,14H2,1-3H3. The van der Waals surface area contributed by atoms with Gasteiger partial charge in [0.25, 0.3) is 5.22 Å². The highest BCUT2D eigenvalue weighted by Gasteiger charge is 2.15. The largest absolute Gasteiger partial charge is 0.430 e. The Balaban J connectivity index is 2.05. The third kappa shape index (κ3) is 3.78. The van der Waals surface area contributed by atoms with Gasteiger partial charge in [-0.2, -0.15) is 0 Å². The maximum absolute atomic E-state index is 12.0. The van der Waals surface area contributed by atoms with Gasteiger partial charge in [-0.15, -0.1) is 0 Å². The predicted octanol–water partition coefficient (Wildman–Crippen LogP) is 2.33. The minimum atomic E-state index is -1.30. The van der Waals surface area contributed by atoms with Crippen LogP contribution < -0.4 is 5.73 Å². The zero-order chi connectivity index (χ0) is 14.0. The van der Waals surface area contributed by atoms with Gasteiger partial charge in [-0.3, -0.25) is 0 Å². The number of fused-ring (bicyclic) bond motifs is 1. The molecule has 1 atom stereocenters. The lowest BCUT2D eigenvalue weighted by atomic mass is 10.2. The first-order chi connectivity index (χ1) is 8.85. The zero-order valence-corrected chi connectivity index (χ0v) is 12.1. The molecule has 6 heteroatoms. The number of nitrogens with two attached hydrogens (primary N) is 1. The van der Waals surface area contributed by atoms with Crippen molar-refractivity contribution in [3.05, 3.63) is 18.2 Å². The Morgan fingerprint density at radius 1 is 1.42 bits per heavy atom. The number of nitrogen functional groups attached to an aromatic ring is 1. The molecule has 2 aromatic rings. The minimum absolute atomic E-state index is 0.220. The van der Waals surface area contributed by atoms with Crippen molar-refractivity contribution in [2.45, 2.75) is 31.6 Å². The van der Waals surface area contributed by atoms with E-state index < -0.39 is 10.8 Å². The van der Waals surface area contributed by atoms with Crippen LogP contribution in [0.5, 0.6) is 0 Å². The summed E-state index contributed by atoms with van der Waals surface area (Å²) in [5, 5.41) is 0.220. The molecule has 0 saturated carbocycles. The van der Waals surface area contributed by atoms with Crippen LogP contribution in [0, 0.1) is 0 Å². The van der Waals surface area contributed by atoms with Crippen molar-refractivity contribution in [1.29, 1.82) is 0 Å². The van der Waals surface area contributed by atoms with Gasteiger partial charge in [-0.25, -0.2) is 9.19 Å². The third-order valence-corrected chi connectivity index (χ3v) is 3.49. The summed E-state index contributed by atoms with van der Waals surface area (Å²) < 4.78 is 23.0. The van der Waals surface area contributed by atoms with Crippen molar-refractivity contribution >= 4 is 27.6 Å². The Kier molecular flexibility index (Phi) is 3.91. The monoisotopic (exact) mass is 282 g/mol. The van der Waals surface area contributed by atoms with E-state index in [0.717, 1.165) is 0 Å². The van der Waals surface area contributed by atoms with Crippen LogP contribution in [-0.2, 0) is 15.5 Å². The van der Waals surface area contributed by atoms with Crippen molar-refractivity contribution < 1.29 is 13.4 Å². The SMILES string of the molecule is CC(C)(C)OCCS(=O)c1nc2ccc(N)cc2o1. The zero-order valence-electron chi connectivity index (χ0n) is 11.3. The van der Waals surface area contributed by atoms with Crippen LogP contribution in [0.2, 0.25) is 0 Å². The van der Waals surface area contributed by atoms with E-state index in [2.05, 4.69) is 4.98 Å². The second kappa shape index (κ2) is 5.30. The van der Waals surface area contributed by atoms with Crippen LogP contribution in [0.4, 0.5) is 5.69 Å². The Morgan fingerprint density at radius 2 is 2.16 bits per heavy atom. The van der Waals surface area contributed by atoms with Crippen LogP contribution in [0.15, 0.2) is 27.8 Å². The van der Waals surface area contributed by atoms with Crippen molar-refractivity contribution in [2.75, 3.05) is 18.1 Å². The molecule has 1 unspecified atom stereocenters. The fourth-order valence-corrected chi connectivity index (χ4v) is 2.32. The molecule has 0 saturated heterocycles. The van der Waals surface area contributed by atoms with Gasteiger partial charge < -0.3 is 14.9 Å². The summed E-state index contributed by atoms with van der Waals surface area (Å²) in [6.45, 7) is 6.27. The molecule has 0 aliphatic heterocycles. The van der Waals surface area contributed by atoms with E-state index in [1.807, 2.05) is 20.8 Å². The van der Waals surface area contributed by atoms with Gasteiger partial charge in [-0.1, -0.05) is 0 Å². The van der Waals surface area contributed by atoms with Crippen molar-refractivity contribution in [1.82, 2.24) is 4.98 Å². The summed E-state index contributed by atoms with van der Waals surface area (Å²) in [6.07, 6.45) is 0. The molecule has 0 amide bonds. The molecule has 1 aromatic carbocycles. The second-order valence-corrected chi connectivity index (χ2v) is 6.67. The second-order valence-electron chi connectivity index (χ2n) is 5.22. The lowest BCUT2D eigenvalue weighted by Crippen LogP contribution is -2.22. The van der Waals surface area contributed by atoms with Gasteiger partial charge >= 0.3 is 0 Å². The van der Waals surface area contributed by atoms with Crippen LogP contribution in [0.3, 0.4) is 0 Å². The average Bonchev–Trinajstić information content (AvgIpc) is 2.70. The Morgan fingerprint density at radius 3 is 2.84 bits per heavy atom. The highest BCUT2D eigenvalue weighted by Crippen LogP contribution is 2.20. The summed E-state index contributed by atoms with van der Waals surface area (Å²) in [5.41, 5.74) is 7.23. The smallest absolute Gasteiger partial charge is 0.288 e. The highest BCUT2D eigenvalue weighted by molar-refractivity contribution is 7.84. The lowest BCUT2D eigenvalue weighted by molar-refractivity contribution is 0.00661. The number of ether oxygens (including phenoxy) is 1. The third-order valence-electron chi connectivity index (χ3n) is 2.39. The highest BCUT2D eigenvalue weighted by atomic mass is 32.2. The van der Waals surface area contributed by atoms with Gasteiger partial charge in [0.2, 0.25) is 0 Å². The van der Waals surface area contributed by atoms with E-state index in [9.17, 15) is 4.21 Å². The molecular formula is C13H18N2O3S. The Labute approximate surface area is 114 Å². The first kappa shape index (κ1) is 14.0. The first-order valence-electron chi connectivity index (χ1n) is 6.03. The van der Waals surface area contributed by atoms with E-state index in [1.165, 1.54) is 0 Å². The van der Waals surface area contributed by atoms with E-state index in [-0.39, 0.29) is 10.8 Å². The number of hydrogen-bond donors (Lipinski definition) is 1. The Hall–Kier alpha value is -1.40. The Bertz CT molecular complexity index is 601. The maximum Gasteiger partial charge on any atom is 0.288 e. The lowest BCUT2D eigenvalue weighted by Gasteiger charge is -2.18. The average molecular weight is 282 g/mol. The topological polar surface area (TPSA) is 78.3 Å². The van der Waals surface area contributed by atoms with Crippen molar-refractivity contribution in [2.24, 2.45) is 0 Å². The molecule has 2 rings (SSSR count). The molecule has 0 bridgehead atoms. The molecule has 19 heavy (non-hydrogen) atoms. The minimum Gasteiger partial charge on any atom is -0.430 e. The number of oxazole rings is 1. The van der Waals surface area contributed by atoms with Crippen molar-refractivity contribution in [3.63, 3.8) is 0 Å². The van der Waals surface area contributed by atoms with Crippen molar-refractivity contribution in [3.8, 4) is 0 Å². The van der Waals surface area contributed by atoms with E-state index in [4.69, 9.17) is 14.9 Å². The van der Waals surface area contributed by atoms with E-state index >= 15 is 0 Å². The predicted molar refractivity (Wildman–Crippen MR) is 75.4 cm³/mol. The van der Waals surface area contributed by atoms with Crippen LogP contribution in [-0.4, -0.2) is 27.2 Å². The quantitative estimate of drug-likeness (QED) is 0.871. The van der Waals surface area contributed by atoms with Gasteiger partial charge in [0.1, 0.15) is 16.3 Å². The van der Waals surface area contributed by atoms with Crippen LogP contribution in [0.1, 0.15) is 20.8 Å². The molecule has 0 fully saturated rings. The molecule has 5 nitrogen and oxygen atoms in total. The molecule has 0 aliphatic rings. The molecule has 0 aliphatic carbocycles. The molecule has 1 aromatic heterocycles. The van der Waals surface area contributed by atoms with Gasteiger partial charge in [-0.05, 0) is 32.9 Å². The van der Waals surface area contributed by atoms with Crippen LogP contribution >= 0.6 is 0 Å². The van der Waals surface area contributed by atoms with Gasteiger partial charge in [0.15, 0.2) is 5.58 Å². The van der Waals surface area contributed by atoms with Gasteiger partial charge in [0.05, 0.1) is 18.0 Å². The molecule has 2 N–H and O–H groups in total. The fourth-order valence-electron chi connectivity index (χ4n) is 1.53. The van der Waals surface area contributed by atoms with E-state index in [0.29, 0.717) is 29.1 Å². The molecule has 0 radical (unpaired) electrons. The molecule has 0 spiro atoms. The number of anilines is 1.